The average Bonchev–Trinajstić information content (AvgIpc) is 3.83. The van der Waals surface area contributed by atoms with E-state index in [1.54, 1.807) is 14.2 Å². The van der Waals surface area contributed by atoms with Crippen LogP contribution in [0.1, 0.15) is 11.1 Å². The van der Waals surface area contributed by atoms with Crippen LogP contribution < -0.4 is 9.47 Å². The molecule has 0 saturated carbocycles. The van der Waals surface area contributed by atoms with Crippen LogP contribution in [-0.2, 0) is 42.0 Å². The first-order chi connectivity index (χ1) is 27.5. The first-order valence-corrected chi connectivity index (χ1v) is 24.0. The van der Waals surface area contributed by atoms with Crippen molar-refractivity contribution in [1.82, 2.24) is 0 Å². The molecule has 21 heteroatoms. The minimum absolute atomic E-state index is 0.137. The van der Waals surface area contributed by atoms with Crippen LogP contribution in [0.5, 0.6) is 11.5 Å². The Morgan fingerprint density at radius 3 is 0.983 bits per heavy atom. The largest absolute Gasteiger partial charge is 0.741 e. The molecule has 8 nitrogen and oxygen atoms in total. The lowest BCUT2D eigenvalue weighted by atomic mass is 10.2. The molecule has 59 heavy (non-hydrogen) atoms. The summed E-state index contributed by atoms with van der Waals surface area (Å²) >= 11 is 5.66. The number of aryl methyl sites for hydroxylation is 2. The van der Waals surface area contributed by atoms with Crippen LogP contribution in [0.3, 0.4) is 0 Å². The van der Waals surface area contributed by atoms with Crippen molar-refractivity contribution < 1.29 is 61.8 Å². The number of alkyl halides is 6. The van der Waals surface area contributed by atoms with E-state index in [-0.39, 0.29) is 21.8 Å². The van der Waals surface area contributed by atoms with Crippen LogP contribution >= 0.6 is 34.4 Å². The Labute approximate surface area is 355 Å². The summed E-state index contributed by atoms with van der Waals surface area (Å²) < 4.78 is 134. The minimum Gasteiger partial charge on any atom is -0.741 e. The normalized spacial score (nSPS) is 12.0. The molecule has 6 aromatic rings. The van der Waals surface area contributed by atoms with Gasteiger partial charge in [0.25, 0.3) is 0 Å². The summed E-state index contributed by atoms with van der Waals surface area (Å²) in [5.41, 5.74) is -8.72. The molecule has 0 aliphatic carbocycles. The Morgan fingerprint density at radius 2 is 0.746 bits per heavy atom. The maximum atomic E-state index is 10.7. The number of halogens is 6. The summed E-state index contributed by atoms with van der Waals surface area (Å²) in [7, 11) is -9.13. The summed E-state index contributed by atoms with van der Waals surface area (Å²) in [5.74, 6) is 1.74. The molecule has 0 aliphatic rings. The fraction of sp³-hybridized carbons (Fsp3) is 0.158. The number of hydrogen-bond donors (Lipinski definition) is 0. The van der Waals surface area contributed by atoms with E-state index in [2.05, 4.69) is 135 Å². The highest BCUT2D eigenvalue weighted by atomic mass is 32.2. The second-order valence-electron chi connectivity index (χ2n) is 11.6. The van der Waals surface area contributed by atoms with Crippen molar-refractivity contribution in [2.75, 3.05) is 14.2 Å². The number of ether oxygens (including phenoxy) is 2. The van der Waals surface area contributed by atoms with Gasteiger partial charge in [-0.1, -0.05) is 69.8 Å². The Kier molecular flexibility index (Phi) is 16.5. The quantitative estimate of drug-likeness (QED) is 0.0569. The van der Waals surface area contributed by atoms with Crippen LogP contribution in [0.15, 0.2) is 158 Å². The average molecular weight is 955 g/mol. The van der Waals surface area contributed by atoms with Crippen molar-refractivity contribution in [3.63, 3.8) is 0 Å². The fourth-order valence-electron chi connectivity index (χ4n) is 4.54. The maximum Gasteiger partial charge on any atom is 0.485 e. The molecule has 0 amide bonds. The molecule has 0 fully saturated rings. The molecular weight excluding hydrogens is 923 g/mol. The summed E-state index contributed by atoms with van der Waals surface area (Å²) in [6, 6.07) is 44.2. The van der Waals surface area contributed by atoms with E-state index in [1.165, 1.54) is 47.5 Å². The fourth-order valence-corrected chi connectivity index (χ4v) is 13.7. The molecule has 0 bridgehead atoms. The molecular formula is C38H32F6O8S7. The van der Waals surface area contributed by atoms with Crippen LogP contribution in [0.2, 0.25) is 0 Å². The predicted molar refractivity (Wildman–Crippen MR) is 217 cm³/mol. The summed E-state index contributed by atoms with van der Waals surface area (Å²) in [6.07, 6.45) is 0. The van der Waals surface area contributed by atoms with Gasteiger partial charge >= 0.3 is 11.0 Å². The Hall–Kier alpha value is -3.67. The SMILES string of the molecule is COc1ccc([S+](c2ccc(OC)cc2)c2ccc(Sc3ccc([S+](c4ccc(C)cc4)c4ccc(C)cc4)s3)s2)cc1.O=S(=O)([O-])C(F)(F)F.O=S(=O)([O-])C(F)(F)F. The van der Waals surface area contributed by atoms with Gasteiger partial charge in [-0.15, -0.1) is 0 Å². The van der Waals surface area contributed by atoms with E-state index < -0.39 is 31.3 Å². The first-order valence-electron chi connectivity index (χ1n) is 16.3. The molecule has 6 rings (SSSR count). The lowest BCUT2D eigenvalue weighted by Gasteiger charge is -2.08. The van der Waals surface area contributed by atoms with E-state index in [1.807, 2.05) is 34.4 Å². The Bertz CT molecular complexity index is 2350. The summed E-state index contributed by atoms with van der Waals surface area (Å²) in [4.78, 5) is 5.25. The van der Waals surface area contributed by atoms with Crippen LogP contribution in [-0.4, -0.2) is 51.2 Å². The van der Waals surface area contributed by atoms with Gasteiger partial charge in [0.2, 0.25) is 8.42 Å². The van der Waals surface area contributed by atoms with Gasteiger partial charge in [0.15, 0.2) is 39.8 Å². The van der Waals surface area contributed by atoms with Gasteiger partial charge in [0, 0.05) is 12.1 Å². The van der Waals surface area contributed by atoms with Crippen molar-refractivity contribution in [3.05, 3.63) is 132 Å². The third-order valence-electron chi connectivity index (χ3n) is 7.39. The highest BCUT2D eigenvalue weighted by Crippen LogP contribution is 2.45. The van der Waals surface area contributed by atoms with Gasteiger partial charge in [0.05, 0.1) is 22.6 Å². The topological polar surface area (TPSA) is 133 Å². The number of thiophene rings is 2. The smallest absolute Gasteiger partial charge is 0.485 e. The van der Waals surface area contributed by atoms with E-state index in [0.29, 0.717) is 0 Å². The zero-order chi connectivity index (χ0) is 43.8. The molecule has 4 aromatic carbocycles. The number of benzene rings is 4. The Balaban J connectivity index is 0.000000406. The number of rotatable bonds is 10. The molecule has 0 unspecified atom stereocenters. The van der Waals surface area contributed by atoms with E-state index in [9.17, 15) is 26.3 Å². The predicted octanol–water partition coefficient (Wildman–Crippen LogP) is 10.9. The summed E-state index contributed by atoms with van der Waals surface area (Å²) in [5, 5.41) is 0. The van der Waals surface area contributed by atoms with Crippen molar-refractivity contribution in [3.8, 4) is 11.5 Å². The van der Waals surface area contributed by atoms with Crippen molar-refractivity contribution in [2.45, 2.75) is 61.3 Å². The highest BCUT2D eigenvalue weighted by molar-refractivity contribution is 8.04. The molecule has 0 N–H and O–H groups in total. The van der Waals surface area contributed by atoms with Crippen LogP contribution in [0, 0.1) is 13.8 Å². The van der Waals surface area contributed by atoms with Gasteiger partial charge in [-0.05, 0) is 98.8 Å². The van der Waals surface area contributed by atoms with Crippen LogP contribution in [0.25, 0.3) is 0 Å². The van der Waals surface area contributed by atoms with Gasteiger partial charge < -0.3 is 18.6 Å². The molecule has 0 aliphatic heterocycles. The van der Waals surface area contributed by atoms with E-state index in [4.69, 9.17) is 35.4 Å². The standard InChI is InChI=1S/C36H32O2S5.2CHF3O3S/c1-25-5-13-29(14-6-25)42(30-15-7-26(2)8-16-30)35-23-21-33(40-35)39-34-22-24-36(41-34)43(31-17-9-27(37-3)10-18-31)32-19-11-28(38-4)12-20-32;2*2-1(3,4)8(5,6)7/h5-24H,1-4H3;2*(H,5,6,7)/q+2;;/p-2. The molecule has 2 heterocycles. The molecule has 0 atom stereocenters. The van der Waals surface area contributed by atoms with Gasteiger partial charge in [-0.2, -0.15) is 26.3 Å². The van der Waals surface area contributed by atoms with Gasteiger partial charge in [-0.25, -0.2) is 16.8 Å². The highest BCUT2D eigenvalue weighted by Gasteiger charge is 2.38. The zero-order valence-corrected chi connectivity index (χ0v) is 36.7. The van der Waals surface area contributed by atoms with Gasteiger partial charge in [-0.3, -0.25) is 0 Å². The van der Waals surface area contributed by atoms with Gasteiger partial charge in [0.1, 0.15) is 33.3 Å². The number of hydrogen-bond acceptors (Lipinski definition) is 11. The third kappa shape index (κ3) is 13.7. The molecule has 0 saturated heterocycles. The molecule has 0 spiro atoms. The minimum atomic E-state index is -6.09. The van der Waals surface area contributed by atoms with E-state index >= 15 is 0 Å². The number of methoxy groups -OCH3 is 2. The molecule has 0 radical (unpaired) electrons. The van der Waals surface area contributed by atoms with E-state index in [0.717, 1.165) is 11.5 Å². The Morgan fingerprint density at radius 1 is 0.492 bits per heavy atom. The van der Waals surface area contributed by atoms with Crippen molar-refractivity contribution in [2.24, 2.45) is 0 Å². The lowest BCUT2D eigenvalue weighted by Crippen LogP contribution is -2.21. The first kappa shape index (κ1) is 48.0. The van der Waals surface area contributed by atoms with Crippen molar-refractivity contribution in [1.29, 1.82) is 0 Å². The molecule has 2 aromatic heterocycles. The second kappa shape index (κ2) is 20.3. The van der Waals surface area contributed by atoms with Crippen molar-refractivity contribution >= 4 is 76.5 Å². The van der Waals surface area contributed by atoms with Crippen LogP contribution in [0.4, 0.5) is 26.3 Å². The lowest BCUT2D eigenvalue weighted by molar-refractivity contribution is -0.0522. The third-order valence-corrected chi connectivity index (χ3v) is 17.1. The molecule has 316 valence electrons. The monoisotopic (exact) mass is 954 g/mol. The zero-order valence-electron chi connectivity index (χ0n) is 30.9. The summed E-state index contributed by atoms with van der Waals surface area (Å²) in [6.45, 7) is 4.30. The second-order valence-corrected chi connectivity index (χ2v) is 22.7. The maximum absolute atomic E-state index is 10.7.